The van der Waals surface area contributed by atoms with E-state index in [4.69, 9.17) is 10.5 Å². The molecule has 27 heavy (non-hydrogen) atoms. The number of nitrogens with one attached hydrogen (secondary N) is 1. The normalized spacial score (nSPS) is 15.7. The lowest BCUT2D eigenvalue weighted by atomic mass is 9.92. The number of nitrogens with zero attached hydrogens (tertiary/aromatic N) is 3. The van der Waals surface area contributed by atoms with Gasteiger partial charge in [-0.15, -0.1) is 0 Å². The van der Waals surface area contributed by atoms with Gasteiger partial charge < -0.3 is 10.5 Å². The molecule has 1 fully saturated rings. The van der Waals surface area contributed by atoms with Crippen LogP contribution in [-0.2, 0) is 13.2 Å². The van der Waals surface area contributed by atoms with E-state index in [1.807, 2.05) is 30.3 Å². The van der Waals surface area contributed by atoms with Crippen molar-refractivity contribution < 1.29 is 4.74 Å². The van der Waals surface area contributed by atoms with Crippen LogP contribution in [0.15, 0.2) is 54.9 Å². The number of piperidine rings is 1. The summed E-state index contributed by atoms with van der Waals surface area (Å²) >= 11 is 0. The summed E-state index contributed by atoms with van der Waals surface area (Å²) in [6, 6.07) is 14.2. The minimum Gasteiger partial charge on any atom is -0.487 e. The van der Waals surface area contributed by atoms with E-state index in [1.165, 1.54) is 5.56 Å². The van der Waals surface area contributed by atoms with E-state index in [0.29, 0.717) is 12.5 Å². The van der Waals surface area contributed by atoms with Gasteiger partial charge in [0.05, 0.1) is 23.3 Å². The van der Waals surface area contributed by atoms with Crippen molar-refractivity contribution in [3.63, 3.8) is 0 Å². The predicted molar refractivity (Wildman–Crippen MR) is 105 cm³/mol. The summed E-state index contributed by atoms with van der Waals surface area (Å²) in [6.45, 7) is 3.60. The maximum absolute atomic E-state index is 5.98. The zero-order chi connectivity index (χ0) is 18.5. The molecule has 3 heterocycles. The number of hydrogen-bond donors (Lipinski definition) is 2. The molecule has 4 rings (SSSR count). The molecule has 6 heteroatoms. The molecule has 3 N–H and O–H groups in total. The number of pyridine rings is 1. The summed E-state index contributed by atoms with van der Waals surface area (Å²) in [5.74, 6) is 1.36. The van der Waals surface area contributed by atoms with Crippen molar-refractivity contribution in [3.05, 3.63) is 71.8 Å². The van der Waals surface area contributed by atoms with Gasteiger partial charge in [0.1, 0.15) is 12.4 Å². The number of hydrogen-bond acceptors (Lipinski definition) is 5. The molecule has 6 nitrogen and oxygen atoms in total. The van der Waals surface area contributed by atoms with Crippen LogP contribution in [0.5, 0.6) is 5.75 Å². The first kappa shape index (κ1) is 17.5. The largest absolute Gasteiger partial charge is 0.487 e. The summed E-state index contributed by atoms with van der Waals surface area (Å²) in [6.07, 6.45) is 5.71. The van der Waals surface area contributed by atoms with Gasteiger partial charge in [0, 0.05) is 18.7 Å². The summed E-state index contributed by atoms with van der Waals surface area (Å²) in [4.78, 5) is 6.77. The second kappa shape index (κ2) is 8.22. The predicted octanol–water partition coefficient (Wildman–Crippen LogP) is 3.35. The zero-order valence-electron chi connectivity index (χ0n) is 15.3. The third kappa shape index (κ3) is 4.46. The van der Waals surface area contributed by atoms with Gasteiger partial charge in [0.2, 0.25) is 0 Å². The van der Waals surface area contributed by atoms with Gasteiger partial charge >= 0.3 is 0 Å². The van der Waals surface area contributed by atoms with Gasteiger partial charge in [-0.05, 0) is 55.8 Å². The summed E-state index contributed by atoms with van der Waals surface area (Å²) < 4.78 is 5.81. The molecule has 1 aromatic carbocycles. The van der Waals surface area contributed by atoms with Crippen molar-refractivity contribution in [2.45, 2.75) is 31.9 Å². The average molecular weight is 363 g/mol. The van der Waals surface area contributed by atoms with Crippen molar-refractivity contribution >= 4 is 5.69 Å². The second-order valence-electron chi connectivity index (χ2n) is 7.04. The smallest absolute Gasteiger partial charge is 0.130 e. The van der Waals surface area contributed by atoms with E-state index in [0.717, 1.165) is 55.3 Å². The quantitative estimate of drug-likeness (QED) is 0.702. The van der Waals surface area contributed by atoms with Crippen molar-refractivity contribution in [1.29, 1.82) is 0 Å². The number of benzene rings is 1. The Morgan fingerprint density at radius 3 is 2.59 bits per heavy atom. The molecule has 140 valence electrons. The summed E-state index contributed by atoms with van der Waals surface area (Å²) in [7, 11) is 0. The Labute approximate surface area is 159 Å². The molecular formula is C21H25N5O. The topological polar surface area (TPSA) is 80.1 Å². The van der Waals surface area contributed by atoms with E-state index in [2.05, 4.69) is 32.2 Å². The van der Waals surface area contributed by atoms with Gasteiger partial charge in [-0.2, -0.15) is 5.10 Å². The number of rotatable bonds is 6. The molecule has 0 atom stereocenters. The first-order valence-corrected chi connectivity index (χ1v) is 9.40. The van der Waals surface area contributed by atoms with Crippen molar-refractivity contribution in [3.8, 4) is 5.75 Å². The maximum Gasteiger partial charge on any atom is 0.130 e. The number of nitrogen functional groups attached to an aromatic ring is 1. The summed E-state index contributed by atoms with van der Waals surface area (Å²) in [5, 5.41) is 7.10. The molecule has 3 aromatic rings. The van der Waals surface area contributed by atoms with Crippen LogP contribution in [0.1, 0.15) is 35.7 Å². The highest BCUT2D eigenvalue weighted by Crippen LogP contribution is 2.30. The zero-order valence-corrected chi connectivity index (χ0v) is 15.3. The minimum atomic E-state index is 0.491. The van der Waals surface area contributed by atoms with E-state index in [9.17, 15) is 0 Å². The number of anilines is 1. The molecule has 0 amide bonds. The van der Waals surface area contributed by atoms with Gasteiger partial charge in [0.25, 0.3) is 0 Å². The minimum absolute atomic E-state index is 0.491. The summed E-state index contributed by atoms with van der Waals surface area (Å²) in [5.41, 5.74) is 10.1. The van der Waals surface area contributed by atoms with Crippen LogP contribution < -0.4 is 10.5 Å². The molecule has 2 aromatic heterocycles. The average Bonchev–Trinajstić information content (AvgIpc) is 3.15. The number of likely N-dealkylation sites (tertiary alicyclic amines) is 1. The maximum atomic E-state index is 5.98. The van der Waals surface area contributed by atoms with Crippen molar-refractivity contribution in [1.82, 2.24) is 20.1 Å². The Bertz CT molecular complexity index is 839. The van der Waals surface area contributed by atoms with Crippen LogP contribution in [0.25, 0.3) is 0 Å². The first-order valence-electron chi connectivity index (χ1n) is 9.40. The van der Waals surface area contributed by atoms with Crippen LogP contribution in [0, 0.1) is 0 Å². The van der Waals surface area contributed by atoms with Gasteiger partial charge in [-0.25, -0.2) is 0 Å². The van der Waals surface area contributed by atoms with E-state index >= 15 is 0 Å². The third-order valence-electron chi connectivity index (χ3n) is 5.14. The third-order valence-corrected chi connectivity index (χ3v) is 5.14. The van der Waals surface area contributed by atoms with Gasteiger partial charge in [-0.1, -0.05) is 18.2 Å². The number of H-pyrrole nitrogens is 1. The van der Waals surface area contributed by atoms with Crippen LogP contribution in [0.3, 0.4) is 0 Å². The lowest BCUT2D eigenvalue weighted by Gasteiger charge is -2.31. The molecule has 0 aliphatic carbocycles. The molecule has 0 bridgehead atoms. The van der Waals surface area contributed by atoms with Crippen LogP contribution >= 0.6 is 0 Å². The van der Waals surface area contributed by atoms with Gasteiger partial charge in [-0.3, -0.25) is 15.0 Å². The van der Waals surface area contributed by atoms with Crippen LogP contribution in [-0.4, -0.2) is 33.2 Å². The molecule has 0 unspecified atom stereocenters. The highest BCUT2D eigenvalue weighted by atomic mass is 16.5. The number of aromatic nitrogens is 3. The Balaban J connectivity index is 1.26. The molecule has 1 saturated heterocycles. The van der Waals surface area contributed by atoms with E-state index < -0.39 is 0 Å². The van der Waals surface area contributed by atoms with E-state index in [-0.39, 0.29) is 0 Å². The Morgan fingerprint density at radius 2 is 1.93 bits per heavy atom. The first-order chi connectivity index (χ1) is 13.3. The van der Waals surface area contributed by atoms with Crippen molar-refractivity contribution in [2.75, 3.05) is 18.8 Å². The highest BCUT2D eigenvalue weighted by molar-refractivity contribution is 5.42. The standard InChI is InChI=1S/C21H25N5O/c22-20-13-24-25-21(20)17-8-11-26(12-9-17)14-16-4-6-19(7-5-16)27-15-18-3-1-2-10-23-18/h1-7,10,13,17H,8-9,11-12,14-15,22H2,(H,24,25). The lowest BCUT2D eigenvalue weighted by Crippen LogP contribution is -2.32. The molecular weight excluding hydrogens is 338 g/mol. The molecule has 0 spiro atoms. The molecule has 1 aliphatic heterocycles. The monoisotopic (exact) mass is 363 g/mol. The Morgan fingerprint density at radius 1 is 1.11 bits per heavy atom. The molecule has 0 radical (unpaired) electrons. The van der Waals surface area contributed by atoms with Crippen molar-refractivity contribution in [2.24, 2.45) is 0 Å². The lowest BCUT2D eigenvalue weighted by molar-refractivity contribution is 0.203. The number of ether oxygens (including phenoxy) is 1. The Kier molecular flexibility index (Phi) is 5.34. The fourth-order valence-corrected chi connectivity index (χ4v) is 3.60. The highest BCUT2D eigenvalue weighted by Gasteiger charge is 2.23. The fourth-order valence-electron chi connectivity index (χ4n) is 3.60. The number of nitrogens with two attached hydrogens (primary N) is 1. The Hall–Kier alpha value is -2.86. The second-order valence-corrected chi connectivity index (χ2v) is 7.04. The molecule has 1 aliphatic rings. The van der Waals surface area contributed by atoms with Crippen LogP contribution in [0.4, 0.5) is 5.69 Å². The molecule has 0 saturated carbocycles. The van der Waals surface area contributed by atoms with E-state index in [1.54, 1.807) is 12.4 Å². The van der Waals surface area contributed by atoms with Gasteiger partial charge in [0.15, 0.2) is 0 Å². The SMILES string of the molecule is Nc1cn[nH]c1C1CCN(Cc2ccc(OCc3ccccn3)cc2)CC1. The number of aromatic amines is 1. The van der Waals surface area contributed by atoms with Crippen LogP contribution in [0.2, 0.25) is 0 Å². The fraction of sp³-hybridized carbons (Fsp3) is 0.333.